The highest BCUT2D eigenvalue weighted by molar-refractivity contribution is 6.09. The summed E-state index contributed by atoms with van der Waals surface area (Å²) in [6.45, 7) is 14.1. The summed E-state index contributed by atoms with van der Waals surface area (Å²) in [5.74, 6) is 0.682. The standard InChI is InChI=1S/C26H38N4O5/c1-7-33-14-20-28-22-23(30(20)16-26(5,6)32)18-10-8-9-11-19(18)27-24(22)29-21(31)15-34-12-13-35-17-25(2,3)4/h8-11,32H,7,12-17H2,1-6H3,(H,27,29,31). The number of carbonyl (C=O) groups excluding carboxylic acids is 1. The van der Waals surface area contributed by atoms with E-state index in [2.05, 4.69) is 31.1 Å². The molecule has 0 radical (unpaired) electrons. The predicted octanol–water partition coefficient (Wildman–Crippen LogP) is 3.91. The lowest BCUT2D eigenvalue weighted by Crippen LogP contribution is -2.27. The minimum atomic E-state index is -0.981. The van der Waals surface area contributed by atoms with Gasteiger partial charge in [0.05, 0.1) is 43.0 Å². The van der Waals surface area contributed by atoms with Gasteiger partial charge < -0.3 is 29.2 Å². The van der Waals surface area contributed by atoms with Crippen LogP contribution < -0.4 is 5.32 Å². The number of nitrogens with one attached hydrogen (secondary N) is 1. The molecule has 0 bridgehead atoms. The number of para-hydroxylation sites is 1. The predicted molar refractivity (Wildman–Crippen MR) is 136 cm³/mol. The number of ether oxygens (including phenoxy) is 3. The van der Waals surface area contributed by atoms with E-state index < -0.39 is 5.60 Å². The van der Waals surface area contributed by atoms with Gasteiger partial charge in [-0.2, -0.15) is 0 Å². The van der Waals surface area contributed by atoms with Crippen LogP contribution in [0, 0.1) is 5.41 Å². The average molecular weight is 487 g/mol. The van der Waals surface area contributed by atoms with E-state index in [1.54, 1.807) is 13.8 Å². The second-order valence-electron chi connectivity index (χ2n) is 10.5. The zero-order chi connectivity index (χ0) is 25.6. The highest BCUT2D eigenvalue weighted by Gasteiger charge is 2.23. The molecule has 2 aromatic heterocycles. The van der Waals surface area contributed by atoms with Gasteiger partial charge in [-0.25, -0.2) is 9.97 Å². The zero-order valence-corrected chi connectivity index (χ0v) is 21.7. The molecule has 0 spiro atoms. The summed E-state index contributed by atoms with van der Waals surface area (Å²) in [6.07, 6.45) is 0. The number of rotatable bonds is 12. The smallest absolute Gasteiger partial charge is 0.251 e. The van der Waals surface area contributed by atoms with E-state index in [0.717, 1.165) is 10.9 Å². The van der Waals surface area contributed by atoms with Gasteiger partial charge in [0.15, 0.2) is 5.82 Å². The number of hydrogen-bond acceptors (Lipinski definition) is 7. The molecule has 3 aromatic rings. The molecule has 0 aliphatic heterocycles. The molecule has 0 aliphatic carbocycles. The molecule has 2 heterocycles. The molecular formula is C26H38N4O5. The summed E-state index contributed by atoms with van der Waals surface area (Å²) in [5.41, 5.74) is 1.15. The summed E-state index contributed by atoms with van der Waals surface area (Å²) < 4.78 is 18.7. The van der Waals surface area contributed by atoms with E-state index >= 15 is 0 Å². The van der Waals surface area contributed by atoms with E-state index in [-0.39, 0.29) is 24.5 Å². The fraction of sp³-hybridized carbons (Fsp3) is 0.577. The van der Waals surface area contributed by atoms with Crippen molar-refractivity contribution in [3.05, 3.63) is 30.1 Å². The van der Waals surface area contributed by atoms with Gasteiger partial charge in [-0.3, -0.25) is 4.79 Å². The number of imidazole rings is 1. The summed E-state index contributed by atoms with van der Waals surface area (Å²) in [5, 5.41) is 14.3. The molecule has 9 nitrogen and oxygen atoms in total. The van der Waals surface area contributed by atoms with Gasteiger partial charge in [0.2, 0.25) is 0 Å². The van der Waals surface area contributed by atoms with Crippen LogP contribution >= 0.6 is 0 Å². The quantitative estimate of drug-likeness (QED) is 0.374. The Bertz CT molecular complexity index is 1140. The van der Waals surface area contributed by atoms with Crippen LogP contribution in [0.3, 0.4) is 0 Å². The first-order valence-electron chi connectivity index (χ1n) is 12.0. The Kier molecular flexibility index (Phi) is 8.82. The van der Waals surface area contributed by atoms with Crippen LogP contribution in [0.4, 0.5) is 5.82 Å². The van der Waals surface area contributed by atoms with Crippen molar-refractivity contribution < 1.29 is 24.1 Å². The molecule has 0 saturated heterocycles. The lowest BCUT2D eigenvalue weighted by atomic mass is 9.99. The van der Waals surface area contributed by atoms with Crippen LogP contribution in [0.5, 0.6) is 0 Å². The Balaban J connectivity index is 1.86. The topological polar surface area (TPSA) is 108 Å². The molecule has 0 atom stereocenters. The van der Waals surface area contributed by atoms with E-state index in [1.165, 1.54) is 0 Å². The molecule has 0 unspecified atom stereocenters. The van der Waals surface area contributed by atoms with Gasteiger partial charge >= 0.3 is 0 Å². The summed E-state index contributed by atoms with van der Waals surface area (Å²) >= 11 is 0. The van der Waals surface area contributed by atoms with Crippen LogP contribution in [0.25, 0.3) is 21.9 Å². The van der Waals surface area contributed by atoms with Crippen molar-refractivity contribution in [2.24, 2.45) is 5.41 Å². The molecule has 0 fully saturated rings. The molecule has 192 valence electrons. The number of amides is 1. The summed E-state index contributed by atoms with van der Waals surface area (Å²) in [6, 6.07) is 7.67. The summed E-state index contributed by atoms with van der Waals surface area (Å²) in [4.78, 5) is 22.1. The van der Waals surface area contributed by atoms with Gasteiger partial charge in [-0.05, 0) is 32.3 Å². The molecular weight excluding hydrogens is 448 g/mol. The first kappa shape index (κ1) is 27.0. The Labute approximate surface area is 206 Å². The van der Waals surface area contributed by atoms with Gasteiger partial charge in [-0.1, -0.05) is 39.0 Å². The fourth-order valence-electron chi connectivity index (χ4n) is 3.66. The molecule has 1 aromatic carbocycles. The zero-order valence-electron chi connectivity index (χ0n) is 21.7. The van der Waals surface area contributed by atoms with Gasteiger partial charge in [0, 0.05) is 12.0 Å². The van der Waals surface area contributed by atoms with Crippen molar-refractivity contribution in [2.75, 3.05) is 38.4 Å². The van der Waals surface area contributed by atoms with E-state index in [4.69, 9.17) is 19.2 Å². The second-order valence-corrected chi connectivity index (χ2v) is 10.5. The SMILES string of the molecule is CCOCc1nc2c(NC(=O)COCCOCC(C)(C)C)nc3ccccc3c2n1CC(C)(C)O. The first-order chi connectivity index (χ1) is 16.5. The highest BCUT2D eigenvalue weighted by Crippen LogP contribution is 2.31. The van der Waals surface area contributed by atoms with Crippen LogP contribution in [0.15, 0.2) is 24.3 Å². The highest BCUT2D eigenvalue weighted by atomic mass is 16.5. The van der Waals surface area contributed by atoms with Crippen LogP contribution in [0.1, 0.15) is 47.4 Å². The number of nitrogens with zero attached hydrogens (tertiary/aromatic N) is 3. The minimum Gasteiger partial charge on any atom is -0.389 e. The lowest BCUT2D eigenvalue weighted by Gasteiger charge is -2.20. The normalized spacial score (nSPS) is 12.5. The number of pyridine rings is 1. The number of carbonyl (C=O) groups is 1. The number of fused-ring (bicyclic) bond motifs is 3. The van der Waals surface area contributed by atoms with Crippen molar-refractivity contribution in [3.63, 3.8) is 0 Å². The van der Waals surface area contributed by atoms with Gasteiger partial charge in [0.25, 0.3) is 5.91 Å². The van der Waals surface area contributed by atoms with Crippen molar-refractivity contribution in [3.8, 4) is 0 Å². The third kappa shape index (κ3) is 7.70. The van der Waals surface area contributed by atoms with Crippen molar-refractivity contribution in [1.82, 2.24) is 14.5 Å². The van der Waals surface area contributed by atoms with E-state index in [0.29, 0.717) is 55.6 Å². The average Bonchev–Trinajstić information content (AvgIpc) is 3.11. The monoisotopic (exact) mass is 486 g/mol. The molecule has 0 saturated carbocycles. The molecule has 3 rings (SSSR count). The largest absolute Gasteiger partial charge is 0.389 e. The van der Waals surface area contributed by atoms with Crippen molar-refractivity contribution in [2.45, 2.75) is 60.3 Å². The number of anilines is 1. The number of hydrogen-bond donors (Lipinski definition) is 2. The van der Waals surface area contributed by atoms with Crippen LogP contribution in [0.2, 0.25) is 0 Å². The van der Waals surface area contributed by atoms with Gasteiger partial charge in [0.1, 0.15) is 24.6 Å². The third-order valence-electron chi connectivity index (χ3n) is 5.04. The molecule has 35 heavy (non-hydrogen) atoms. The maximum Gasteiger partial charge on any atom is 0.251 e. The molecule has 1 amide bonds. The van der Waals surface area contributed by atoms with E-state index in [9.17, 15) is 9.90 Å². The third-order valence-corrected chi connectivity index (χ3v) is 5.04. The van der Waals surface area contributed by atoms with Gasteiger partial charge in [-0.15, -0.1) is 0 Å². The van der Waals surface area contributed by atoms with Crippen molar-refractivity contribution in [1.29, 1.82) is 0 Å². The Morgan fingerprint density at radius 1 is 1.06 bits per heavy atom. The Hall–Kier alpha value is -2.59. The molecule has 9 heteroatoms. The molecule has 0 aliphatic rings. The minimum absolute atomic E-state index is 0.0835. The lowest BCUT2D eigenvalue weighted by molar-refractivity contribution is -0.121. The van der Waals surface area contributed by atoms with Crippen LogP contribution in [-0.4, -0.2) is 64.2 Å². The number of benzene rings is 1. The van der Waals surface area contributed by atoms with E-state index in [1.807, 2.05) is 35.8 Å². The first-order valence-corrected chi connectivity index (χ1v) is 12.0. The summed E-state index contributed by atoms with van der Waals surface area (Å²) in [7, 11) is 0. The van der Waals surface area contributed by atoms with Crippen LogP contribution in [-0.2, 0) is 32.2 Å². The maximum absolute atomic E-state index is 12.7. The fourth-order valence-corrected chi connectivity index (χ4v) is 3.66. The number of aliphatic hydroxyl groups is 1. The maximum atomic E-state index is 12.7. The Morgan fingerprint density at radius 2 is 1.77 bits per heavy atom. The number of aromatic nitrogens is 3. The molecule has 2 N–H and O–H groups in total. The Morgan fingerprint density at radius 3 is 2.46 bits per heavy atom. The second kappa shape index (κ2) is 11.4. The van der Waals surface area contributed by atoms with Crippen molar-refractivity contribution >= 4 is 33.7 Å².